The third-order valence-corrected chi connectivity index (χ3v) is 6.94. The van der Waals surface area contributed by atoms with Gasteiger partial charge in [0.2, 0.25) is 5.91 Å². The fourth-order valence-corrected chi connectivity index (χ4v) is 5.72. The zero-order chi connectivity index (χ0) is 20.9. The number of ether oxygens (including phenoxy) is 1. The zero-order valence-electron chi connectivity index (χ0n) is 17.3. The molecular weight excluding hydrogens is 415 g/mol. The summed E-state index contributed by atoms with van der Waals surface area (Å²) in [6.45, 7) is 5.76. The molecule has 9 heteroatoms. The van der Waals surface area contributed by atoms with E-state index in [9.17, 15) is 19.5 Å². The van der Waals surface area contributed by atoms with Crippen molar-refractivity contribution in [2.24, 2.45) is 0 Å². The number of nitrogens with zero attached hydrogens (tertiary/aromatic N) is 1. The van der Waals surface area contributed by atoms with Crippen LogP contribution in [-0.4, -0.2) is 51.5 Å². The third kappa shape index (κ3) is 3.60. The van der Waals surface area contributed by atoms with Gasteiger partial charge in [-0.25, -0.2) is 0 Å². The summed E-state index contributed by atoms with van der Waals surface area (Å²) in [7, 11) is 0. The van der Waals surface area contributed by atoms with Crippen molar-refractivity contribution in [3.8, 4) is 5.75 Å². The minimum atomic E-state index is -1.28. The number of benzene rings is 2. The van der Waals surface area contributed by atoms with Crippen LogP contribution in [0.25, 0.3) is 10.8 Å². The molecule has 1 unspecified atom stereocenters. The van der Waals surface area contributed by atoms with Gasteiger partial charge in [0.15, 0.2) is 0 Å². The molecule has 4 rings (SSSR count). The number of carbonyl (C=O) groups excluding carboxylic acids is 3. The average Bonchev–Trinajstić information content (AvgIpc) is 2.94. The predicted molar refractivity (Wildman–Crippen MR) is 107 cm³/mol. The van der Waals surface area contributed by atoms with E-state index in [1.807, 2.05) is 37.3 Å². The second kappa shape index (κ2) is 8.42. The smallest absolute Gasteiger partial charge is 0.548 e. The van der Waals surface area contributed by atoms with E-state index in [-0.39, 0.29) is 29.6 Å². The SMILES string of the molecule is CCOc1ccc2ccccc2c1C(=O)N[C@@H]1C(=O)N2C(C(=O)[O-])C(C)(C)S[C@H]12.[Na+]. The summed E-state index contributed by atoms with van der Waals surface area (Å²) in [5.41, 5.74) is 0.370. The summed E-state index contributed by atoms with van der Waals surface area (Å²) in [5.74, 6) is -1.66. The first-order valence-electron chi connectivity index (χ1n) is 9.42. The molecule has 2 saturated heterocycles. The Morgan fingerprint density at radius 2 is 1.93 bits per heavy atom. The first-order valence-corrected chi connectivity index (χ1v) is 10.3. The van der Waals surface area contributed by atoms with Gasteiger partial charge in [-0.05, 0) is 37.6 Å². The molecular formula is C21H21N2NaO5S. The maximum Gasteiger partial charge on any atom is 1.00 e. The van der Waals surface area contributed by atoms with Gasteiger partial charge in [-0.2, -0.15) is 0 Å². The largest absolute Gasteiger partial charge is 1.00 e. The van der Waals surface area contributed by atoms with Gasteiger partial charge in [-0.3, -0.25) is 9.59 Å². The molecule has 0 aromatic heterocycles. The molecule has 2 heterocycles. The number of carboxylic acid groups (broad SMARTS) is 1. The van der Waals surface area contributed by atoms with Gasteiger partial charge >= 0.3 is 29.6 Å². The van der Waals surface area contributed by atoms with Crippen molar-refractivity contribution < 1.29 is 53.8 Å². The van der Waals surface area contributed by atoms with E-state index in [1.165, 1.54) is 16.7 Å². The Bertz CT molecular complexity index is 1030. The van der Waals surface area contributed by atoms with Crippen LogP contribution in [0, 0.1) is 0 Å². The van der Waals surface area contributed by atoms with Gasteiger partial charge in [0.25, 0.3) is 5.91 Å². The van der Waals surface area contributed by atoms with Crippen LogP contribution in [0.3, 0.4) is 0 Å². The van der Waals surface area contributed by atoms with Crippen molar-refractivity contribution in [1.82, 2.24) is 10.2 Å². The van der Waals surface area contributed by atoms with Gasteiger partial charge in [-0.1, -0.05) is 30.3 Å². The van der Waals surface area contributed by atoms with Crippen molar-refractivity contribution in [1.29, 1.82) is 0 Å². The molecule has 0 spiro atoms. The molecule has 2 amide bonds. The molecule has 1 N–H and O–H groups in total. The van der Waals surface area contributed by atoms with Crippen LogP contribution in [-0.2, 0) is 9.59 Å². The molecule has 152 valence electrons. The number of carbonyl (C=O) groups is 3. The van der Waals surface area contributed by atoms with Gasteiger partial charge in [0.05, 0.1) is 24.2 Å². The van der Waals surface area contributed by atoms with E-state index in [4.69, 9.17) is 4.74 Å². The summed E-state index contributed by atoms with van der Waals surface area (Å²) in [5, 5.41) is 15.5. The van der Waals surface area contributed by atoms with Crippen LogP contribution in [0.4, 0.5) is 0 Å². The quantitative estimate of drug-likeness (QED) is 0.437. The molecule has 0 aliphatic carbocycles. The van der Waals surface area contributed by atoms with E-state index >= 15 is 0 Å². The predicted octanol–water partition coefficient (Wildman–Crippen LogP) is -1.85. The maximum atomic E-state index is 13.2. The standard InChI is InChI=1S/C21H22N2O5S.Na/c1-4-28-13-10-9-11-7-5-6-8-12(11)14(13)17(24)22-15-18(25)23-16(20(26)27)21(2,3)29-19(15)23;/h5-10,15-16,19H,4H2,1-3H3,(H,22,24)(H,26,27);/q;+1/p-1/t15-,16?,19-;/m1./s1. The van der Waals surface area contributed by atoms with E-state index < -0.39 is 40.0 Å². The van der Waals surface area contributed by atoms with Gasteiger partial charge in [-0.15, -0.1) is 11.8 Å². The monoisotopic (exact) mass is 436 g/mol. The molecule has 2 aromatic rings. The maximum absolute atomic E-state index is 13.2. The van der Waals surface area contributed by atoms with Crippen LogP contribution in [0.5, 0.6) is 5.75 Å². The normalized spacial score (nSPS) is 23.9. The second-order valence-corrected chi connectivity index (χ2v) is 9.39. The number of aliphatic carboxylic acids is 1. The fourth-order valence-electron chi connectivity index (χ4n) is 4.10. The van der Waals surface area contributed by atoms with Gasteiger partial charge in [0.1, 0.15) is 17.2 Å². The van der Waals surface area contributed by atoms with Gasteiger partial charge in [0, 0.05) is 4.75 Å². The Morgan fingerprint density at radius 1 is 1.23 bits per heavy atom. The summed E-state index contributed by atoms with van der Waals surface area (Å²) in [6, 6.07) is 9.28. The zero-order valence-corrected chi connectivity index (χ0v) is 20.1. The van der Waals surface area contributed by atoms with Crippen LogP contribution in [0.15, 0.2) is 36.4 Å². The van der Waals surface area contributed by atoms with Crippen molar-refractivity contribution in [2.75, 3.05) is 6.61 Å². The van der Waals surface area contributed by atoms with E-state index in [0.29, 0.717) is 17.9 Å². The Hall–Kier alpha value is -1.74. The van der Waals surface area contributed by atoms with Crippen molar-refractivity contribution in [3.05, 3.63) is 42.0 Å². The minimum Gasteiger partial charge on any atom is -0.548 e. The summed E-state index contributed by atoms with van der Waals surface area (Å²) in [6.07, 6.45) is 0. The Morgan fingerprint density at radius 3 is 2.60 bits per heavy atom. The number of fused-ring (bicyclic) bond motifs is 2. The molecule has 30 heavy (non-hydrogen) atoms. The number of nitrogens with one attached hydrogen (secondary N) is 1. The van der Waals surface area contributed by atoms with Crippen LogP contribution in [0.2, 0.25) is 0 Å². The van der Waals surface area contributed by atoms with Crippen molar-refractivity contribution >= 4 is 40.3 Å². The van der Waals surface area contributed by atoms with Crippen LogP contribution in [0.1, 0.15) is 31.1 Å². The Balaban J connectivity index is 0.00000256. The molecule has 0 saturated carbocycles. The molecule has 2 aromatic carbocycles. The number of hydrogen-bond acceptors (Lipinski definition) is 6. The van der Waals surface area contributed by atoms with E-state index in [2.05, 4.69) is 5.32 Å². The van der Waals surface area contributed by atoms with Crippen LogP contribution >= 0.6 is 11.8 Å². The number of rotatable bonds is 5. The number of hydrogen-bond donors (Lipinski definition) is 1. The average molecular weight is 436 g/mol. The number of thioether (sulfide) groups is 1. The summed E-state index contributed by atoms with van der Waals surface area (Å²) >= 11 is 1.36. The molecule has 2 aliphatic heterocycles. The molecule has 3 atom stereocenters. The Labute approximate surface area is 200 Å². The molecule has 0 radical (unpaired) electrons. The minimum absolute atomic E-state index is 0. The summed E-state index contributed by atoms with van der Waals surface area (Å²) < 4.78 is 4.95. The molecule has 2 aliphatic rings. The van der Waals surface area contributed by atoms with Crippen molar-refractivity contribution in [3.63, 3.8) is 0 Å². The molecule has 2 fully saturated rings. The second-order valence-electron chi connectivity index (χ2n) is 7.62. The van der Waals surface area contributed by atoms with Crippen LogP contribution < -0.4 is 44.7 Å². The van der Waals surface area contributed by atoms with E-state index in [1.54, 1.807) is 19.9 Å². The van der Waals surface area contributed by atoms with Crippen molar-refractivity contribution in [2.45, 2.75) is 43.0 Å². The van der Waals surface area contributed by atoms with Gasteiger partial charge < -0.3 is 24.9 Å². The molecule has 7 nitrogen and oxygen atoms in total. The number of amides is 2. The Kier molecular flexibility index (Phi) is 6.43. The topological polar surface area (TPSA) is 98.8 Å². The third-order valence-electron chi connectivity index (χ3n) is 5.37. The fraction of sp³-hybridized carbons (Fsp3) is 0.381. The van der Waals surface area contributed by atoms with E-state index in [0.717, 1.165) is 10.8 Å². The number of carboxylic acids is 1. The first kappa shape index (κ1) is 22.9. The first-order chi connectivity index (χ1) is 13.8. The molecule has 0 bridgehead atoms. The summed E-state index contributed by atoms with van der Waals surface area (Å²) in [4.78, 5) is 38.7. The number of β-lactam (4-membered cyclic amide) rings is 1.